The number of sulfonamides is 1. The summed E-state index contributed by atoms with van der Waals surface area (Å²) in [6, 6.07) is 6.84. The third kappa shape index (κ3) is 6.02. The lowest BCUT2D eigenvalue weighted by Gasteiger charge is -2.21. The van der Waals surface area contributed by atoms with Gasteiger partial charge in [-0.25, -0.2) is 13.4 Å². The van der Waals surface area contributed by atoms with Gasteiger partial charge in [0.2, 0.25) is 10.0 Å². The van der Waals surface area contributed by atoms with Crippen LogP contribution in [0.15, 0.2) is 39.5 Å². The zero-order valence-corrected chi connectivity index (χ0v) is 18.7. The topological polar surface area (TPSA) is 86.7 Å². The maximum absolute atomic E-state index is 12.5. The summed E-state index contributed by atoms with van der Waals surface area (Å²) < 4.78 is 26.4. The zero-order valence-electron chi connectivity index (χ0n) is 17.1. The van der Waals surface area contributed by atoms with Crippen molar-refractivity contribution in [3.05, 3.63) is 45.9 Å². The van der Waals surface area contributed by atoms with Crippen LogP contribution in [0.5, 0.6) is 0 Å². The minimum Gasteiger partial charge on any atom is -0.356 e. The number of guanidine groups is 1. The lowest BCUT2D eigenvalue weighted by molar-refractivity contribution is 0.410. The van der Waals surface area contributed by atoms with E-state index in [0.717, 1.165) is 29.2 Å². The summed E-state index contributed by atoms with van der Waals surface area (Å²) in [5.74, 6) is 0.697. The maximum Gasteiger partial charge on any atom is 0.243 e. The molecule has 0 aliphatic rings. The molecule has 7 nitrogen and oxygen atoms in total. The van der Waals surface area contributed by atoms with Gasteiger partial charge in [-0.3, -0.25) is 4.99 Å². The van der Waals surface area contributed by atoms with E-state index in [1.54, 1.807) is 37.6 Å². The summed E-state index contributed by atoms with van der Waals surface area (Å²) in [5, 5.41) is 9.64. The number of rotatable bonds is 8. The van der Waals surface area contributed by atoms with E-state index in [4.69, 9.17) is 0 Å². The Morgan fingerprint density at radius 3 is 2.46 bits per heavy atom. The van der Waals surface area contributed by atoms with Crippen LogP contribution in [0.1, 0.15) is 30.1 Å². The van der Waals surface area contributed by atoms with E-state index in [2.05, 4.69) is 26.0 Å². The van der Waals surface area contributed by atoms with Crippen LogP contribution >= 0.6 is 11.3 Å². The van der Waals surface area contributed by atoms with Crippen molar-refractivity contribution in [3.63, 3.8) is 0 Å². The molecule has 154 valence electrons. The predicted molar refractivity (Wildman–Crippen MR) is 115 cm³/mol. The molecule has 0 fully saturated rings. The fourth-order valence-electron chi connectivity index (χ4n) is 2.46. The Morgan fingerprint density at radius 1 is 1.25 bits per heavy atom. The van der Waals surface area contributed by atoms with Gasteiger partial charge in [-0.05, 0) is 38.5 Å². The highest BCUT2D eigenvalue weighted by molar-refractivity contribution is 7.89. The molecule has 0 atom stereocenters. The Balaban J connectivity index is 1.87. The molecule has 0 aliphatic carbocycles. The van der Waals surface area contributed by atoms with E-state index in [1.807, 2.05) is 32.9 Å². The molecule has 0 aliphatic heterocycles. The fourth-order valence-corrected chi connectivity index (χ4v) is 4.48. The third-order valence-electron chi connectivity index (χ3n) is 4.35. The molecule has 28 heavy (non-hydrogen) atoms. The monoisotopic (exact) mass is 423 g/mol. The van der Waals surface area contributed by atoms with Gasteiger partial charge in [0, 0.05) is 45.0 Å². The van der Waals surface area contributed by atoms with Crippen molar-refractivity contribution in [1.29, 1.82) is 0 Å². The Morgan fingerprint density at radius 2 is 1.93 bits per heavy atom. The normalized spacial score (nSPS) is 12.6. The van der Waals surface area contributed by atoms with Crippen molar-refractivity contribution >= 4 is 27.3 Å². The molecule has 0 saturated heterocycles. The van der Waals surface area contributed by atoms with Crippen molar-refractivity contribution in [1.82, 2.24) is 19.9 Å². The highest BCUT2D eigenvalue weighted by Gasteiger charge is 2.22. The molecule has 1 heterocycles. The number of benzene rings is 1. The minimum absolute atomic E-state index is 0.0889. The lowest BCUT2D eigenvalue weighted by Crippen LogP contribution is -2.37. The van der Waals surface area contributed by atoms with Crippen LogP contribution < -0.4 is 10.6 Å². The molecular weight excluding hydrogens is 394 g/mol. The molecule has 0 spiro atoms. The maximum atomic E-state index is 12.5. The highest BCUT2D eigenvalue weighted by Crippen LogP contribution is 2.17. The largest absolute Gasteiger partial charge is 0.356 e. The SMILES string of the molecule is CN=C(NCCc1csc(C)n1)NCc1ccc(S(=O)(=O)N(C)C(C)C)cc1. The van der Waals surface area contributed by atoms with E-state index in [0.29, 0.717) is 17.4 Å². The van der Waals surface area contributed by atoms with Crippen molar-refractivity contribution in [2.75, 3.05) is 20.6 Å². The highest BCUT2D eigenvalue weighted by atomic mass is 32.2. The number of aryl methyl sites for hydroxylation is 1. The summed E-state index contributed by atoms with van der Waals surface area (Å²) in [6.07, 6.45) is 0.834. The van der Waals surface area contributed by atoms with Gasteiger partial charge in [0.15, 0.2) is 5.96 Å². The Kier molecular flexibility index (Phi) is 7.97. The second kappa shape index (κ2) is 9.99. The zero-order chi connectivity index (χ0) is 20.7. The minimum atomic E-state index is -3.46. The number of aromatic nitrogens is 1. The first-order valence-electron chi connectivity index (χ1n) is 9.16. The van der Waals surface area contributed by atoms with Gasteiger partial charge in [0.05, 0.1) is 15.6 Å². The van der Waals surface area contributed by atoms with Crippen LogP contribution in [0.4, 0.5) is 0 Å². The Hall–Kier alpha value is -1.97. The average Bonchev–Trinajstić information content (AvgIpc) is 3.09. The summed E-state index contributed by atoms with van der Waals surface area (Å²) in [5.41, 5.74) is 2.05. The van der Waals surface area contributed by atoms with Gasteiger partial charge in [-0.1, -0.05) is 12.1 Å². The quantitative estimate of drug-likeness (QED) is 0.503. The molecule has 0 saturated carbocycles. The standard InChI is InChI=1S/C19H29N5O2S2/c1-14(2)24(5)28(25,26)18-8-6-16(7-9-18)12-22-19(20-4)21-11-10-17-13-27-15(3)23-17/h6-9,13-14H,10-12H2,1-5H3,(H2,20,21,22). The molecule has 0 bridgehead atoms. The first-order valence-corrected chi connectivity index (χ1v) is 11.5. The first kappa shape index (κ1) is 22.3. The van der Waals surface area contributed by atoms with Gasteiger partial charge in [-0.2, -0.15) is 4.31 Å². The van der Waals surface area contributed by atoms with Crippen LogP contribution in [0.25, 0.3) is 0 Å². The molecule has 1 aromatic carbocycles. The van der Waals surface area contributed by atoms with Crippen molar-refractivity contribution < 1.29 is 8.42 Å². The summed E-state index contributed by atoms with van der Waals surface area (Å²) in [6.45, 7) is 6.99. The molecular formula is C19H29N5O2S2. The molecule has 9 heteroatoms. The number of nitrogens with zero attached hydrogens (tertiary/aromatic N) is 3. The fraction of sp³-hybridized carbons (Fsp3) is 0.474. The van der Waals surface area contributed by atoms with Crippen LogP contribution in [0.2, 0.25) is 0 Å². The molecule has 0 unspecified atom stereocenters. The summed E-state index contributed by atoms with van der Waals surface area (Å²) in [4.78, 5) is 8.96. The van der Waals surface area contributed by atoms with E-state index >= 15 is 0 Å². The predicted octanol–water partition coefficient (Wildman–Crippen LogP) is 2.39. The molecule has 2 aromatic rings. The molecule has 0 amide bonds. The van der Waals surface area contributed by atoms with Crippen LogP contribution in [0.3, 0.4) is 0 Å². The Labute approximate surface area is 172 Å². The first-order chi connectivity index (χ1) is 13.2. The number of thiazole rings is 1. The number of hydrogen-bond acceptors (Lipinski definition) is 5. The van der Waals surface area contributed by atoms with Crippen molar-refractivity contribution in [2.24, 2.45) is 4.99 Å². The van der Waals surface area contributed by atoms with Gasteiger partial charge >= 0.3 is 0 Å². The third-order valence-corrected chi connectivity index (χ3v) is 7.22. The summed E-state index contributed by atoms with van der Waals surface area (Å²) >= 11 is 1.65. The smallest absolute Gasteiger partial charge is 0.243 e. The van der Waals surface area contributed by atoms with Crippen LogP contribution in [0, 0.1) is 6.92 Å². The van der Waals surface area contributed by atoms with Gasteiger partial charge in [-0.15, -0.1) is 11.3 Å². The Bertz CT molecular complexity index is 889. The van der Waals surface area contributed by atoms with Crippen LogP contribution in [-0.4, -0.2) is 50.3 Å². The summed E-state index contributed by atoms with van der Waals surface area (Å²) in [7, 11) is -0.139. The van der Waals surface area contributed by atoms with Gasteiger partial charge in [0.1, 0.15) is 0 Å². The molecule has 2 rings (SSSR count). The van der Waals surface area contributed by atoms with Crippen molar-refractivity contribution in [3.8, 4) is 0 Å². The van der Waals surface area contributed by atoms with Crippen LogP contribution in [-0.2, 0) is 23.0 Å². The average molecular weight is 424 g/mol. The molecule has 1 aromatic heterocycles. The van der Waals surface area contributed by atoms with E-state index < -0.39 is 10.0 Å². The number of nitrogens with one attached hydrogen (secondary N) is 2. The number of aliphatic imine (C=N–C) groups is 1. The van der Waals surface area contributed by atoms with Gasteiger partial charge in [0.25, 0.3) is 0 Å². The number of hydrogen-bond donors (Lipinski definition) is 2. The van der Waals surface area contributed by atoms with Crippen molar-refractivity contribution in [2.45, 2.75) is 44.7 Å². The lowest BCUT2D eigenvalue weighted by atomic mass is 10.2. The van der Waals surface area contributed by atoms with E-state index in [1.165, 1.54) is 4.31 Å². The molecule has 2 N–H and O–H groups in total. The second-order valence-electron chi connectivity index (χ2n) is 6.72. The second-order valence-corrected chi connectivity index (χ2v) is 9.78. The van der Waals surface area contributed by atoms with E-state index in [-0.39, 0.29) is 6.04 Å². The van der Waals surface area contributed by atoms with Gasteiger partial charge < -0.3 is 10.6 Å². The van der Waals surface area contributed by atoms with E-state index in [9.17, 15) is 8.42 Å². The molecule has 0 radical (unpaired) electrons.